The molecule has 0 saturated carbocycles. The highest BCUT2D eigenvalue weighted by atomic mass is 79.9. The number of halogens is 1. The first kappa shape index (κ1) is 19.6. The maximum atomic E-state index is 12.2. The molecule has 0 aliphatic carbocycles. The van der Waals surface area contributed by atoms with E-state index in [0.717, 1.165) is 15.6 Å². The fourth-order valence-corrected chi connectivity index (χ4v) is 2.87. The molecule has 0 spiro atoms. The smallest absolute Gasteiger partial charge is 0.291 e. The maximum absolute atomic E-state index is 12.2. The van der Waals surface area contributed by atoms with Crippen molar-refractivity contribution in [3.8, 4) is 5.75 Å². The first-order valence-corrected chi connectivity index (χ1v) is 9.39. The normalized spacial score (nSPS) is 10.9. The number of amides is 1. The summed E-state index contributed by atoms with van der Waals surface area (Å²) in [5, 5.41) is 18.4. The first-order chi connectivity index (χ1) is 13.6. The molecule has 1 amide bonds. The van der Waals surface area contributed by atoms with Gasteiger partial charge in [-0.3, -0.25) is 9.48 Å². The Labute approximate surface area is 171 Å². The number of aromatic nitrogens is 2. The Balaban J connectivity index is 1.62. The van der Waals surface area contributed by atoms with Crippen LogP contribution >= 0.6 is 15.9 Å². The Morgan fingerprint density at radius 1 is 1.25 bits per heavy atom. The number of phenolic OH excluding ortho intramolecular Hbond substituents is 1. The molecule has 28 heavy (non-hydrogen) atoms. The van der Waals surface area contributed by atoms with Crippen molar-refractivity contribution in [2.45, 2.75) is 13.0 Å². The molecule has 6 nitrogen and oxygen atoms in total. The molecule has 142 valence electrons. The predicted octanol–water partition coefficient (Wildman–Crippen LogP) is 3.89. The second kappa shape index (κ2) is 9.14. The zero-order valence-electron chi connectivity index (χ0n) is 15.0. The number of aromatic hydroxyl groups is 1. The van der Waals surface area contributed by atoms with Crippen molar-refractivity contribution in [1.29, 1.82) is 0 Å². The minimum absolute atomic E-state index is 0.124. The second-order valence-electron chi connectivity index (χ2n) is 6.07. The third-order valence-corrected chi connectivity index (χ3v) is 4.54. The highest BCUT2D eigenvalue weighted by Crippen LogP contribution is 2.21. The fourth-order valence-electron chi connectivity index (χ4n) is 2.60. The van der Waals surface area contributed by atoms with E-state index in [1.807, 2.05) is 36.4 Å². The summed E-state index contributed by atoms with van der Waals surface area (Å²) in [5.41, 5.74) is 5.03. The van der Waals surface area contributed by atoms with E-state index in [4.69, 9.17) is 0 Å². The van der Waals surface area contributed by atoms with Crippen LogP contribution in [0.25, 0.3) is 0 Å². The monoisotopic (exact) mass is 438 g/mol. The standard InChI is InChI=1S/C21H19BrN4O2/c1-2-4-16-5-3-6-17(20(16)27)13-23-24-21(28)19-11-12-26(25-19)14-15-7-9-18(22)10-8-15/h2-3,5-13,27H,1,4,14H2,(H,24,28)/b23-13-. The van der Waals surface area contributed by atoms with E-state index in [1.54, 1.807) is 29.1 Å². The SMILES string of the molecule is C=CCc1cccc(/C=N\NC(=O)c2ccn(Cc3ccc(Br)cc3)n2)c1O. The summed E-state index contributed by atoms with van der Waals surface area (Å²) in [6.07, 6.45) is 5.40. The van der Waals surface area contributed by atoms with Gasteiger partial charge in [-0.1, -0.05) is 46.3 Å². The van der Waals surface area contributed by atoms with Crippen LogP contribution in [0.2, 0.25) is 0 Å². The number of phenols is 1. The van der Waals surface area contributed by atoms with Gasteiger partial charge in [0.15, 0.2) is 5.69 Å². The van der Waals surface area contributed by atoms with Crippen molar-refractivity contribution in [3.05, 3.63) is 94.2 Å². The van der Waals surface area contributed by atoms with Crippen molar-refractivity contribution < 1.29 is 9.90 Å². The summed E-state index contributed by atoms with van der Waals surface area (Å²) in [7, 11) is 0. The van der Waals surface area contributed by atoms with E-state index >= 15 is 0 Å². The minimum atomic E-state index is -0.424. The van der Waals surface area contributed by atoms with Gasteiger partial charge in [-0.2, -0.15) is 10.2 Å². The molecule has 2 aromatic carbocycles. The number of benzene rings is 2. The number of para-hydroxylation sites is 1. The molecule has 2 N–H and O–H groups in total. The van der Waals surface area contributed by atoms with Crippen LogP contribution in [0.3, 0.4) is 0 Å². The largest absolute Gasteiger partial charge is 0.507 e. The summed E-state index contributed by atoms with van der Waals surface area (Å²) in [4.78, 5) is 12.2. The van der Waals surface area contributed by atoms with E-state index in [9.17, 15) is 9.90 Å². The molecule has 0 unspecified atom stereocenters. The molecule has 1 aromatic heterocycles. The minimum Gasteiger partial charge on any atom is -0.507 e. The van der Waals surface area contributed by atoms with E-state index in [-0.39, 0.29) is 11.4 Å². The molecule has 0 saturated heterocycles. The number of carbonyl (C=O) groups excluding carboxylic acids is 1. The van der Waals surface area contributed by atoms with Gasteiger partial charge in [0, 0.05) is 16.2 Å². The molecule has 0 atom stereocenters. The fraction of sp³-hybridized carbons (Fsp3) is 0.0952. The van der Waals surface area contributed by atoms with Gasteiger partial charge in [-0.25, -0.2) is 5.43 Å². The van der Waals surface area contributed by atoms with Gasteiger partial charge in [-0.05, 0) is 41.8 Å². The van der Waals surface area contributed by atoms with Gasteiger partial charge in [0.2, 0.25) is 0 Å². The number of hydrogen-bond acceptors (Lipinski definition) is 4. The molecule has 3 aromatic rings. The molecule has 7 heteroatoms. The van der Waals surface area contributed by atoms with Crippen molar-refractivity contribution >= 4 is 28.1 Å². The Morgan fingerprint density at radius 2 is 2.04 bits per heavy atom. The van der Waals surface area contributed by atoms with Crippen molar-refractivity contribution in [2.75, 3.05) is 0 Å². The van der Waals surface area contributed by atoms with Crippen LogP contribution in [-0.2, 0) is 13.0 Å². The molecule has 0 fully saturated rings. The summed E-state index contributed by atoms with van der Waals surface area (Å²) >= 11 is 3.40. The van der Waals surface area contributed by atoms with Gasteiger partial charge in [0.1, 0.15) is 5.75 Å². The van der Waals surface area contributed by atoms with Crippen molar-refractivity contribution in [3.63, 3.8) is 0 Å². The van der Waals surface area contributed by atoms with Crippen LogP contribution in [0.5, 0.6) is 5.75 Å². The van der Waals surface area contributed by atoms with Gasteiger partial charge in [-0.15, -0.1) is 6.58 Å². The summed E-state index contributed by atoms with van der Waals surface area (Å²) < 4.78 is 2.70. The number of nitrogens with one attached hydrogen (secondary N) is 1. The molecule has 0 bridgehead atoms. The van der Waals surface area contributed by atoms with Crippen LogP contribution in [0.4, 0.5) is 0 Å². The molecule has 1 heterocycles. The number of carbonyl (C=O) groups is 1. The summed E-state index contributed by atoms with van der Waals surface area (Å²) in [6.45, 7) is 4.23. The zero-order valence-corrected chi connectivity index (χ0v) is 16.6. The quantitative estimate of drug-likeness (QED) is 0.333. The summed E-state index contributed by atoms with van der Waals surface area (Å²) in [5.74, 6) is -0.299. The third-order valence-electron chi connectivity index (χ3n) is 4.02. The van der Waals surface area contributed by atoms with Crippen LogP contribution in [0, 0.1) is 0 Å². The lowest BCUT2D eigenvalue weighted by atomic mass is 10.1. The highest BCUT2D eigenvalue weighted by Gasteiger charge is 2.09. The van der Waals surface area contributed by atoms with Gasteiger partial charge in [0.05, 0.1) is 12.8 Å². The summed E-state index contributed by atoms with van der Waals surface area (Å²) in [6, 6.07) is 14.9. The Morgan fingerprint density at radius 3 is 2.79 bits per heavy atom. The molecular weight excluding hydrogens is 420 g/mol. The Kier molecular flexibility index (Phi) is 6.39. The second-order valence-corrected chi connectivity index (χ2v) is 6.99. The van der Waals surface area contributed by atoms with Crippen molar-refractivity contribution in [2.24, 2.45) is 5.10 Å². The lowest BCUT2D eigenvalue weighted by Crippen LogP contribution is -2.18. The van der Waals surface area contributed by atoms with Gasteiger partial charge >= 0.3 is 0 Å². The lowest BCUT2D eigenvalue weighted by Gasteiger charge is -2.04. The molecule has 0 aliphatic heterocycles. The first-order valence-electron chi connectivity index (χ1n) is 8.60. The lowest BCUT2D eigenvalue weighted by molar-refractivity contribution is 0.0949. The van der Waals surface area contributed by atoms with Crippen LogP contribution < -0.4 is 5.43 Å². The topological polar surface area (TPSA) is 79.5 Å². The van der Waals surface area contributed by atoms with Gasteiger partial charge in [0.25, 0.3) is 5.91 Å². The van der Waals surface area contributed by atoms with E-state index in [0.29, 0.717) is 18.5 Å². The predicted molar refractivity (Wildman–Crippen MR) is 113 cm³/mol. The van der Waals surface area contributed by atoms with E-state index in [1.165, 1.54) is 6.21 Å². The molecule has 0 radical (unpaired) electrons. The number of nitrogens with zero attached hydrogens (tertiary/aromatic N) is 3. The van der Waals surface area contributed by atoms with E-state index in [2.05, 4.69) is 38.1 Å². The molecule has 3 rings (SSSR count). The number of allylic oxidation sites excluding steroid dienone is 1. The van der Waals surface area contributed by atoms with E-state index < -0.39 is 5.91 Å². The number of hydrogen-bond donors (Lipinski definition) is 2. The van der Waals surface area contributed by atoms with Crippen LogP contribution in [0.15, 0.2) is 77.0 Å². The maximum Gasteiger partial charge on any atom is 0.291 e. The number of hydrazone groups is 1. The van der Waals surface area contributed by atoms with Crippen LogP contribution in [-0.4, -0.2) is 27.0 Å². The Bertz CT molecular complexity index is 1010. The Hall–Kier alpha value is -3.19. The third kappa shape index (κ3) is 4.95. The molecular formula is C21H19BrN4O2. The van der Waals surface area contributed by atoms with Gasteiger partial charge < -0.3 is 5.11 Å². The van der Waals surface area contributed by atoms with Crippen LogP contribution in [0.1, 0.15) is 27.2 Å². The average molecular weight is 439 g/mol. The molecule has 0 aliphatic rings. The average Bonchev–Trinajstić information content (AvgIpc) is 3.15. The number of rotatable bonds is 7. The highest BCUT2D eigenvalue weighted by molar-refractivity contribution is 9.10. The zero-order chi connectivity index (χ0) is 19.9. The van der Waals surface area contributed by atoms with Crippen molar-refractivity contribution in [1.82, 2.24) is 15.2 Å².